The van der Waals surface area contributed by atoms with Crippen molar-refractivity contribution in [2.75, 3.05) is 5.32 Å². The first-order valence-electron chi connectivity index (χ1n) is 8.69. The van der Waals surface area contributed by atoms with E-state index < -0.39 is 0 Å². The molecule has 4 aromatic rings. The van der Waals surface area contributed by atoms with Crippen LogP contribution in [0.5, 0.6) is 0 Å². The molecule has 6 nitrogen and oxygen atoms in total. The van der Waals surface area contributed by atoms with Crippen LogP contribution >= 0.6 is 0 Å². The minimum absolute atomic E-state index is 0.418. The summed E-state index contributed by atoms with van der Waals surface area (Å²) >= 11 is 0. The zero-order valence-corrected chi connectivity index (χ0v) is 15.7. The van der Waals surface area contributed by atoms with Gasteiger partial charge in [0.25, 0.3) is 0 Å². The Morgan fingerprint density at radius 3 is 2.56 bits per heavy atom. The summed E-state index contributed by atoms with van der Waals surface area (Å²) in [5.74, 6) is 1.75. The van der Waals surface area contributed by atoms with E-state index in [-0.39, 0.29) is 0 Å². The highest BCUT2D eigenvalue weighted by Gasteiger charge is 2.18. The van der Waals surface area contributed by atoms with Crippen LogP contribution < -0.4 is 5.32 Å². The molecule has 0 fully saturated rings. The molecule has 1 aromatic carbocycles. The predicted molar refractivity (Wildman–Crippen MR) is 105 cm³/mol. The molecule has 134 valence electrons. The van der Waals surface area contributed by atoms with Crippen molar-refractivity contribution in [1.29, 1.82) is 5.26 Å². The van der Waals surface area contributed by atoms with Crippen LogP contribution in [0.4, 0.5) is 11.7 Å². The first-order valence-corrected chi connectivity index (χ1v) is 8.69. The van der Waals surface area contributed by atoms with Crippen LogP contribution in [0.3, 0.4) is 0 Å². The van der Waals surface area contributed by atoms with Gasteiger partial charge in [-0.05, 0) is 51.5 Å². The minimum atomic E-state index is 0.418. The molecular formula is C21H19N5O. The Bertz CT molecular complexity index is 1200. The molecule has 0 aliphatic rings. The number of nitriles is 1. The van der Waals surface area contributed by atoms with E-state index in [0.29, 0.717) is 17.3 Å². The number of furan rings is 1. The van der Waals surface area contributed by atoms with Gasteiger partial charge in [0.2, 0.25) is 5.88 Å². The van der Waals surface area contributed by atoms with Crippen LogP contribution in [0.1, 0.15) is 28.1 Å². The first kappa shape index (κ1) is 16.9. The van der Waals surface area contributed by atoms with Crippen LogP contribution in [0.2, 0.25) is 0 Å². The number of aryl methyl sites for hydroxylation is 3. The number of nitrogens with one attached hydrogen (secondary N) is 1. The van der Waals surface area contributed by atoms with Gasteiger partial charge in [0.05, 0.1) is 11.4 Å². The van der Waals surface area contributed by atoms with E-state index in [9.17, 15) is 5.26 Å². The highest BCUT2D eigenvalue weighted by atomic mass is 16.4. The summed E-state index contributed by atoms with van der Waals surface area (Å²) in [6, 6.07) is 14.1. The SMILES string of the molecule is Cc1oc(Nc2cc(C)c3c(C)nn(-c4ccccc4)c3n2)c(C#N)c1C. The molecule has 0 amide bonds. The van der Waals surface area contributed by atoms with E-state index >= 15 is 0 Å². The number of para-hydroxylation sites is 1. The fourth-order valence-electron chi connectivity index (χ4n) is 3.28. The summed E-state index contributed by atoms with van der Waals surface area (Å²) in [4.78, 5) is 4.76. The van der Waals surface area contributed by atoms with E-state index in [1.807, 2.05) is 68.8 Å². The molecule has 0 aliphatic heterocycles. The van der Waals surface area contributed by atoms with Gasteiger partial charge < -0.3 is 9.73 Å². The van der Waals surface area contributed by atoms with Crippen LogP contribution in [-0.4, -0.2) is 14.8 Å². The standard InChI is InChI=1S/C21H19N5O/c1-12-10-18(24-21-17(11-22)13(2)15(4)27-21)23-20-19(12)14(3)25-26(20)16-8-6-5-7-9-16/h5-10H,1-4H3,(H,23,24). The second-order valence-corrected chi connectivity index (χ2v) is 6.58. The van der Waals surface area contributed by atoms with Crippen LogP contribution in [-0.2, 0) is 0 Å². The second-order valence-electron chi connectivity index (χ2n) is 6.58. The van der Waals surface area contributed by atoms with Gasteiger partial charge >= 0.3 is 0 Å². The van der Waals surface area contributed by atoms with Crippen molar-refractivity contribution in [3.63, 3.8) is 0 Å². The van der Waals surface area contributed by atoms with Gasteiger partial charge in [0.15, 0.2) is 5.65 Å². The molecule has 0 spiro atoms. The Morgan fingerprint density at radius 2 is 1.85 bits per heavy atom. The van der Waals surface area contributed by atoms with Crippen LogP contribution in [0, 0.1) is 39.0 Å². The monoisotopic (exact) mass is 357 g/mol. The smallest absolute Gasteiger partial charge is 0.216 e. The summed E-state index contributed by atoms with van der Waals surface area (Å²) in [5, 5.41) is 18.3. The first-order chi connectivity index (χ1) is 13.0. The third-order valence-electron chi connectivity index (χ3n) is 4.75. The van der Waals surface area contributed by atoms with E-state index in [1.165, 1.54) is 0 Å². The van der Waals surface area contributed by atoms with Crippen molar-refractivity contribution in [2.45, 2.75) is 27.7 Å². The predicted octanol–water partition coefficient (Wildman–Crippen LogP) is 4.86. The summed E-state index contributed by atoms with van der Waals surface area (Å²) < 4.78 is 7.56. The zero-order valence-electron chi connectivity index (χ0n) is 15.7. The normalized spacial score (nSPS) is 10.9. The number of pyridine rings is 1. The van der Waals surface area contributed by atoms with Crippen molar-refractivity contribution in [3.8, 4) is 11.8 Å². The van der Waals surface area contributed by atoms with E-state index in [4.69, 9.17) is 9.40 Å². The third-order valence-corrected chi connectivity index (χ3v) is 4.75. The molecule has 0 unspecified atom stereocenters. The zero-order chi connectivity index (χ0) is 19.1. The molecule has 27 heavy (non-hydrogen) atoms. The Balaban J connectivity index is 1.87. The van der Waals surface area contributed by atoms with Crippen LogP contribution in [0.25, 0.3) is 16.7 Å². The second kappa shape index (κ2) is 6.29. The van der Waals surface area contributed by atoms with E-state index in [2.05, 4.69) is 16.5 Å². The van der Waals surface area contributed by atoms with Gasteiger partial charge in [-0.15, -0.1) is 0 Å². The van der Waals surface area contributed by atoms with Crippen molar-refractivity contribution in [2.24, 2.45) is 0 Å². The van der Waals surface area contributed by atoms with Crippen molar-refractivity contribution < 1.29 is 4.42 Å². The number of aromatic nitrogens is 3. The van der Waals surface area contributed by atoms with Gasteiger partial charge in [0.1, 0.15) is 23.2 Å². The largest absolute Gasteiger partial charge is 0.444 e. The summed E-state index contributed by atoms with van der Waals surface area (Å²) in [7, 11) is 0. The molecule has 3 heterocycles. The molecule has 6 heteroatoms. The Labute approximate surface area is 157 Å². The van der Waals surface area contributed by atoms with Gasteiger partial charge in [-0.25, -0.2) is 9.67 Å². The highest BCUT2D eigenvalue weighted by Crippen LogP contribution is 2.30. The van der Waals surface area contributed by atoms with Gasteiger partial charge in [-0.2, -0.15) is 10.4 Å². The number of nitrogens with zero attached hydrogens (tertiary/aromatic N) is 4. The Morgan fingerprint density at radius 1 is 1.11 bits per heavy atom. The lowest BCUT2D eigenvalue weighted by atomic mass is 10.1. The minimum Gasteiger partial charge on any atom is -0.444 e. The number of benzene rings is 1. The number of anilines is 2. The van der Waals surface area contributed by atoms with Crippen LogP contribution in [0.15, 0.2) is 40.8 Å². The molecule has 3 aromatic heterocycles. The molecular weight excluding hydrogens is 338 g/mol. The quantitative estimate of drug-likeness (QED) is 0.566. The van der Waals surface area contributed by atoms with Crippen molar-refractivity contribution >= 4 is 22.7 Å². The maximum Gasteiger partial charge on any atom is 0.216 e. The third kappa shape index (κ3) is 2.74. The summed E-state index contributed by atoms with van der Waals surface area (Å²) in [5.41, 5.74) is 5.03. The lowest BCUT2D eigenvalue weighted by molar-refractivity contribution is 0.548. The van der Waals surface area contributed by atoms with E-state index in [0.717, 1.165) is 39.3 Å². The molecule has 0 bridgehead atoms. The topological polar surface area (TPSA) is 79.7 Å². The highest BCUT2D eigenvalue weighted by molar-refractivity contribution is 5.85. The molecule has 4 rings (SSSR count). The molecule has 0 saturated heterocycles. The fourth-order valence-corrected chi connectivity index (χ4v) is 3.28. The number of hydrogen-bond donors (Lipinski definition) is 1. The average Bonchev–Trinajstić information content (AvgIpc) is 3.12. The number of rotatable bonds is 3. The van der Waals surface area contributed by atoms with Gasteiger partial charge in [-0.1, -0.05) is 18.2 Å². The lowest BCUT2D eigenvalue weighted by Crippen LogP contribution is -2.00. The maximum absolute atomic E-state index is 9.43. The average molecular weight is 357 g/mol. The Hall–Kier alpha value is -3.59. The molecule has 0 atom stereocenters. The molecule has 0 aliphatic carbocycles. The van der Waals surface area contributed by atoms with Crippen molar-refractivity contribution in [3.05, 3.63) is 64.5 Å². The van der Waals surface area contributed by atoms with Gasteiger partial charge in [0, 0.05) is 10.9 Å². The summed E-state index contributed by atoms with van der Waals surface area (Å²) in [6.07, 6.45) is 0. The summed E-state index contributed by atoms with van der Waals surface area (Å²) in [6.45, 7) is 7.73. The number of hydrogen-bond acceptors (Lipinski definition) is 5. The van der Waals surface area contributed by atoms with E-state index in [1.54, 1.807) is 0 Å². The number of fused-ring (bicyclic) bond motifs is 1. The van der Waals surface area contributed by atoms with Crippen molar-refractivity contribution in [1.82, 2.24) is 14.8 Å². The Kier molecular flexibility index (Phi) is 3.93. The molecule has 0 radical (unpaired) electrons. The molecule has 0 saturated carbocycles. The maximum atomic E-state index is 9.43. The lowest BCUT2D eigenvalue weighted by Gasteiger charge is -2.07. The molecule has 1 N–H and O–H groups in total. The van der Waals surface area contributed by atoms with Gasteiger partial charge in [-0.3, -0.25) is 0 Å². The fraction of sp³-hybridized carbons (Fsp3) is 0.190.